The number of rotatable bonds is 7. The zero-order valence-electron chi connectivity index (χ0n) is 18.8. The Hall–Kier alpha value is -0.730. The van der Waals surface area contributed by atoms with Crippen molar-refractivity contribution in [2.75, 3.05) is 23.0 Å². The van der Waals surface area contributed by atoms with Crippen LogP contribution in [-0.2, 0) is 28.1 Å². The Balaban J connectivity index is 1.54. The minimum atomic E-state index is -4.01. The van der Waals surface area contributed by atoms with Crippen LogP contribution in [0.25, 0.3) is 0 Å². The van der Waals surface area contributed by atoms with Crippen LogP contribution in [-0.4, -0.2) is 48.8 Å². The molecule has 1 aliphatic heterocycles. The molecule has 2 bridgehead atoms. The maximum Gasteiger partial charge on any atom is 0.277 e. The molecule has 176 valence electrons. The van der Waals surface area contributed by atoms with Gasteiger partial charge in [0.25, 0.3) is 10.1 Å². The summed E-state index contributed by atoms with van der Waals surface area (Å²) in [6.45, 7) is 4.03. The highest BCUT2D eigenvalue weighted by atomic mass is 32.3. The highest BCUT2D eigenvalue weighted by Crippen LogP contribution is 2.65. The van der Waals surface area contributed by atoms with Crippen molar-refractivity contribution in [2.24, 2.45) is 22.7 Å². The summed E-state index contributed by atoms with van der Waals surface area (Å²) >= 11 is 0. The van der Waals surface area contributed by atoms with E-state index in [1.54, 1.807) is 0 Å². The molecule has 0 N–H and O–H groups in total. The van der Waals surface area contributed by atoms with E-state index in [1.807, 2.05) is 13.8 Å². The van der Waals surface area contributed by atoms with E-state index in [1.165, 1.54) is 0 Å². The summed E-state index contributed by atoms with van der Waals surface area (Å²) in [4.78, 5) is 37.8. The summed E-state index contributed by atoms with van der Waals surface area (Å²) in [5.41, 5.74) is -1.24. The molecule has 0 radical (unpaired) electrons. The summed E-state index contributed by atoms with van der Waals surface area (Å²) in [5.74, 6) is 1.02. The van der Waals surface area contributed by atoms with Crippen molar-refractivity contribution in [1.29, 1.82) is 0 Å². The Morgan fingerprint density at radius 2 is 1.71 bits per heavy atom. The molecule has 3 saturated carbocycles. The van der Waals surface area contributed by atoms with E-state index in [2.05, 4.69) is 0 Å². The van der Waals surface area contributed by atoms with Gasteiger partial charge < -0.3 is 0 Å². The SMILES string of the molecule is CC1(C)C2CCC1(CS(=O)(=O)OS1(CC(=O)C3CCCCC3)CCC(=O)CC1)C(=O)C2. The van der Waals surface area contributed by atoms with E-state index >= 15 is 0 Å². The van der Waals surface area contributed by atoms with Gasteiger partial charge >= 0.3 is 0 Å². The van der Waals surface area contributed by atoms with E-state index in [0.717, 1.165) is 38.5 Å². The number of carbonyl (C=O) groups excluding carboxylic acids is 3. The zero-order valence-corrected chi connectivity index (χ0v) is 20.5. The van der Waals surface area contributed by atoms with Gasteiger partial charge in [0.1, 0.15) is 17.3 Å². The van der Waals surface area contributed by atoms with E-state index in [4.69, 9.17) is 3.63 Å². The Morgan fingerprint density at radius 3 is 2.26 bits per heavy atom. The lowest BCUT2D eigenvalue weighted by molar-refractivity contribution is -0.128. The van der Waals surface area contributed by atoms with Gasteiger partial charge in [0.15, 0.2) is 0 Å². The van der Waals surface area contributed by atoms with Crippen LogP contribution in [0.5, 0.6) is 0 Å². The van der Waals surface area contributed by atoms with Gasteiger partial charge in [-0.3, -0.25) is 14.4 Å². The predicted molar refractivity (Wildman–Crippen MR) is 121 cm³/mol. The number of ketones is 3. The third kappa shape index (κ3) is 4.29. The number of carbonyl (C=O) groups is 3. The first kappa shape index (κ1) is 23.4. The average Bonchev–Trinajstić information content (AvgIpc) is 3.04. The first-order valence-corrected chi connectivity index (χ1v) is 15.4. The molecule has 0 amide bonds. The van der Waals surface area contributed by atoms with Crippen LogP contribution in [0.1, 0.15) is 78.1 Å². The fourth-order valence-corrected chi connectivity index (χ4v) is 12.9. The third-order valence-electron chi connectivity index (χ3n) is 8.78. The smallest absolute Gasteiger partial charge is 0.277 e. The maximum absolute atomic E-state index is 13.4. The van der Waals surface area contributed by atoms with Crippen molar-refractivity contribution in [3.63, 3.8) is 0 Å². The molecule has 2 atom stereocenters. The van der Waals surface area contributed by atoms with Gasteiger partial charge in [-0.05, 0) is 37.0 Å². The molecule has 0 aromatic heterocycles. The van der Waals surface area contributed by atoms with E-state index < -0.39 is 25.8 Å². The van der Waals surface area contributed by atoms with Gasteiger partial charge in [-0.2, -0.15) is 8.42 Å². The topological polar surface area (TPSA) is 94.6 Å². The molecule has 4 aliphatic rings. The first-order chi connectivity index (χ1) is 14.5. The first-order valence-electron chi connectivity index (χ1n) is 11.8. The summed E-state index contributed by atoms with van der Waals surface area (Å²) < 4.78 is 32.7. The molecule has 3 aliphatic carbocycles. The van der Waals surface area contributed by atoms with Crippen molar-refractivity contribution < 1.29 is 26.4 Å². The van der Waals surface area contributed by atoms with Gasteiger partial charge in [-0.15, -0.1) is 10.3 Å². The standard InChI is InChI=1S/C23H36O6S2/c1-22(2)18-8-11-23(22,21(26)14-18)16-31(27,28)29-30(12-9-19(24)10-13-30)15-20(25)17-6-4-3-5-7-17/h17-18H,3-16H2,1-2H3. The van der Waals surface area contributed by atoms with Crippen LogP contribution in [0.15, 0.2) is 0 Å². The minimum absolute atomic E-state index is 0.00779. The van der Waals surface area contributed by atoms with Crippen LogP contribution in [0, 0.1) is 22.7 Å². The summed E-state index contributed by atoms with van der Waals surface area (Å²) in [6, 6.07) is 0. The van der Waals surface area contributed by atoms with Crippen LogP contribution in [0.3, 0.4) is 0 Å². The van der Waals surface area contributed by atoms with Crippen molar-refractivity contribution in [1.82, 2.24) is 0 Å². The quantitative estimate of drug-likeness (QED) is 0.557. The highest BCUT2D eigenvalue weighted by Gasteiger charge is 2.65. The van der Waals surface area contributed by atoms with Crippen LogP contribution >= 0.6 is 10.3 Å². The van der Waals surface area contributed by atoms with Crippen LogP contribution in [0.4, 0.5) is 0 Å². The Labute approximate surface area is 187 Å². The van der Waals surface area contributed by atoms with Gasteiger partial charge in [-0.1, -0.05) is 33.1 Å². The molecular weight excluding hydrogens is 436 g/mol. The lowest BCUT2D eigenvalue weighted by atomic mass is 9.70. The van der Waals surface area contributed by atoms with Crippen molar-refractivity contribution in [3.8, 4) is 0 Å². The number of fused-ring (bicyclic) bond motifs is 2. The van der Waals surface area contributed by atoms with Gasteiger partial charge in [0.05, 0.1) is 16.9 Å². The number of hydrogen-bond acceptors (Lipinski definition) is 6. The predicted octanol–water partition coefficient (Wildman–Crippen LogP) is 3.96. The van der Waals surface area contributed by atoms with E-state index in [9.17, 15) is 22.8 Å². The van der Waals surface area contributed by atoms with Crippen molar-refractivity contribution in [2.45, 2.75) is 78.1 Å². The van der Waals surface area contributed by atoms with Crippen LogP contribution in [0.2, 0.25) is 0 Å². The Kier molecular flexibility index (Phi) is 6.23. The fraction of sp³-hybridized carbons (Fsp3) is 0.870. The molecular formula is C23H36O6S2. The van der Waals surface area contributed by atoms with Crippen molar-refractivity contribution in [3.05, 3.63) is 0 Å². The third-order valence-corrected chi connectivity index (χ3v) is 14.3. The Morgan fingerprint density at radius 1 is 1.06 bits per heavy atom. The normalized spacial score (nSPS) is 34.1. The monoisotopic (exact) mass is 472 g/mol. The van der Waals surface area contributed by atoms with Gasteiger partial charge in [0, 0.05) is 36.7 Å². The summed E-state index contributed by atoms with van der Waals surface area (Å²) in [5, 5.41) is 0. The summed E-state index contributed by atoms with van der Waals surface area (Å²) in [6.07, 6.45) is 7.44. The minimum Gasteiger partial charge on any atom is -0.300 e. The van der Waals surface area contributed by atoms with Gasteiger partial charge in [-0.25, -0.2) is 3.63 Å². The van der Waals surface area contributed by atoms with E-state index in [-0.39, 0.29) is 58.9 Å². The second kappa shape index (κ2) is 8.24. The molecule has 0 spiro atoms. The lowest BCUT2D eigenvalue weighted by Gasteiger charge is -2.43. The average molecular weight is 473 g/mol. The second-order valence-electron chi connectivity index (χ2n) is 10.8. The molecule has 4 rings (SSSR count). The molecule has 1 saturated heterocycles. The molecule has 0 aromatic carbocycles. The maximum atomic E-state index is 13.4. The molecule has 0 aromatic rings. The molecule has 4 fully saturated rings. The zero-order chi connectivity index (χ0) is 22.5. The highest BCUT2D eigenvalue weighted by molar-refractivity contribution is 8.33. The van der Waals surface area contributed by atoms with Crippen LogP contribution < -0.4 is 0 Å². The molecule has 2 unspecified atom stereocenters. The molecule has 31 heavy (non-hydrogen) atoms. The molecule has 1 heterocycles. The molecule has 6 nitrogen and oxygen atoms in total. The van der Waals surface area contributed by atoms with E-state index in [0.29, 0.717) is 24.3 Å². The lowest BCUT2D eigenvalue weighted by Crippen LogP contribution is -2.43. The fourth-order valence-electron chi connectivity index (χ4n) is 6.52. The van der Waals surface area contributed by atoms with Crippen molar-refractivity contribution >= 4 is 37.8 Å². The largest absolute Gasteiger partial charge is 0.300 e. The molecule has 8 heteroatoms. The Bertz CT molecular complexity index is 860. The second-order valence-corrected chi connectivity index (χ2v) is 15.8. The van der Waals surface area contributed by atoms with Gasteiger partial charge in [0.2, 0.25) is 0 Å². The number of Topliss-reactive ketones (excluding diaryl/α,β-unsaturated/α-hetero) is 3. The number of hydrogen-bond donors (Lipinski definition) is 0. The summed E-state index contributed by atoms with van der Waals surface area (Å²) in [7, 11) is -6.24.